The van der Waals surface area contributed by atoms with Crippen molar-refractivity contribution in [2.75, 3.05) is 6.61 Å². The topological polar surface area (TPSA) is 79.1 Å². The first-order valence-corrected chi connectivity index (χ1v) is 13.2. The lowest BCUT2D eigenvalue weighted by Gasteiger charge is -2.25. The van der Waals surface area contributed by atoms with Crippen LogP contribution in [0, 0.1) is 0 Å². The Morgan fingerprint density at radius 2 is 1.78 bits per heavy atom. The zero-order valence-corrected chi connectivity index (χ0v) is 22.8. The monoisotopic (exact) mass is 520 g/mol. The van der Waals surface area contributed by atoms with Crippen LogP contribution in [0.5, 0.6) is 11.5 Å². The van der Waals surface area contributed by atoms with Crippen LogP contribution in [0.3, 0.4) is 0 Å². The number of rotatable bonds is 8. The Hall–Kier alpha value is -3.65. The molecule has 2 heterocycles. The van der Waals surface area contributed by atoms with Gasteiger partial charge in [-0.3, -0.25) is 9.36 Å². The molecule has 0 amide bonds. The predicted molar refractivity (Wildman–Crippen MR) is 145 cm³/mol. The second kappa shape index (κ2) is 11.2. The zero-order valence-electron chi connectivity index (χ0n) is 22.0. The first-order chi connectivity index (χ1) is 17.7. The molecule has 1 atom stereocenters. The highest BCUT2D eigenvalue weighted by Gasteiger charge is 2.33. The summed E-state index contributed by atoms with van der Waals surface area (Å²) in [5, 5.41) is 0. The van der Waals surface area contributed by atoms with E-state index in [9.17, 15) is 9.59 Å². The molecule has 3 aromatic rings. The van der Waals surface area contributed by atoms with E-state index in [0.29, 0.717) is 38.7 Å². The number of hydrogen-bond donors (Lipinski definition) is 0. The van der Waals surface area contributed by atoms with E-state index in [1.807, 2.05) is 75.4 Å². The second-order valence-corrected chi connectivity index (χ2v) is 10.3. The van der Waals surface area contributed by atoms with Gasteiger partial charge in [0.25, 0.3) is 5.56 Å². The van der Waals surface area contributed by atoms with Crippen LogP contribution >= 0.6 is 11.3 Å². The Morgan fingerprint density at radius 1 is 1.08 bits per heavy atom. The molecule has 4 rings (SSSR count). The number of esters is 1. The Balaban J connectivity index is 1.90. The molecule has 8 heteroatoms. The molecule has 194 valence electrons. The van der Waals surface area contributed by atoms with Gasteiger partial charge in [-0.1, -0.05) is 41.7 Å². The lowest BCUT2D eigenvalue weighted by atomic mass is 9.96. The zero-order chi connectivity index (χ0) is 26.7. The second-order valence-electron chi connectivity index (χ2n) is 9.24. The summed E-state index contributed by atoms with van der Waals surface area (Å²) < 4.78 is 19.2. The average molecular weight is 521 g/mol. The Bertz CT molecular complexity index is 1500. The van der Waals surface area contributed by atoms with E-state index >= 15 is 0 Å². The third-order valence-electron chi connectivity index (χ3n) is 5.66. The Kier molecular flexibility index (Phi) is 7.97. The summed E-state index contributed by atoms with van der Waals surface area (Å²) in [6.45, 7) is 11.8. The smallest absolute Gasteiger partial charge is 0.338 e. The number of carbonyl (C=O) groups is 1. The maximum atomic E-state index is 13.8. The number of thiazole rings is 1. The summed E-state index contributed by atoms with van der Waals surface area (Å²) in [7, 11) is 0. The minimum Gasteiger partial charge on any atom is -0.494 e. The number of nitrogens with zero attached hydrogens (tertiary/aromatic N) is 2. The summed E-state index contributed by atoms with van der Waals surface area (Å²) in [4.78, 5) is 32.3. The van der Waals surface area contributed by atoms with Crippen molar-refractivity contribution in [2.24, 2.45) is 4.99 Å². The van der Waals surface area contributed by atoms with Gasteiger partial charge in [0.2, 0.25) is 0 Å². The number of aromatic nitrogens is 1. The maximum absolute atomic E-state index is 13.8. The third kappa shape index (κ3) is 5.69. The van der Waals surface area contributed by atoms with E-state index < -0.39 is 12.0 Å². The molecule has 0 saturated carbocycles. The number of carbonyl (C=O) groups excluding carboxylic acids is 1. The molecule has 37 heavy (non-hydrogen) atoms. The van der Waals surface area contributed by atoms with Crippen molar-refractivity contribution in [2.45, 2.75) is 59.8 Å². The molecular formula is C29H32N2O5S. The minimum atomic E-state index is -0.678. The largest absolute Gasteiger partial charge is 0.494 e. The Labute approximate surface area is 220 Å². The van der Waals surface area contributed by atoms with E-state index in [0.717, 1.165) is 11.1 Å². The van der Waals surface area contributed by atoms with Crippen LogP contribution in [-0.2, 0) is 9.53 Å². The van der Waals surface area contributed by atoms with E-state index in [-0.39, 0.29) is 17.8 Å². The fourth-order valence-electron chi connectivity index (χ4n) is 4.19. The van der Waals surface area contributed by atoms with Crippen molar-refractivity contribution in [1.29, 1.82) is 0 Å². The van der Waals surface area contributed by atoms with Gasteiger partial charge in [0.1, 0.15) is 11.5 Å². The van der Waals surface area contributed by atoms with Crippen LogP contribution in [0.2, 0.25) is 0 Å². The summed E-state index contributed by atoms with van der Waals surface area (Å²) in [6.07, 6.45) is 1.51. The van der Waals surface area contributed by atoms with Crippen molar-refractivity contribution >= 4 is 23.4 Å². The van der Waals surface area contributed by atoms with Crippen LogP contribution < -0.4 is 24.4 Å². The minimum absolute atomic E-state index is 0.00685. The van der Waals surface area contributed by atoms with E-state index in [2.05, 4.69) is 4.99 Å². The molecule has 1 aliphatic rings. The van der Waals surface area contributed by atoms with Crippen molar-refractivity contribution < 1.29 is 19.0 Å². The molecule has 0 bridgehead atoms. The fourth-order valence-corrected chi connectivity index (χ4v) is 5.23. The molecule has 0 radical (unpaired) electrons. The molecule has 0 saturated heterocycles. The number of ether oxygens (including phenoxy) is 3. The molecule has 2 aromatic carbocycles. The summed E-state index contributed by atoms with van der Waals surface area (Å²) in [6, 6.07) is 14.4. The SMILES string of the molecule is CCOc1ccc([C@@H]2C(C(=O)OC(C)C)=C(C)N=c3s/c(=C/c4ccccc4OC(C)C)c(=O)n32)cc1. The van der Waals surface area contributed by atoms with E-state index in [1.165, 1.54) is 11.3 Å². The number of hydrogen-bond acceptors (Lipinski definition) is 7. The number of allylic oxidation sites excluding steroid dienone is 1. The van der Waals surface area contributed by atoms with Crippen LogP contribution in [0.25, 0.3) is 6.08 Å². The lowest BCUT2D eigenvalue weighted by molar-refractivity contribution is -0.143. The lowest BCUT2D eigenvalue weighted by Crippen LogP contribution is -2.40. The van der Waals surface area contributed by atoms with Crippen LogP contribution in [-0.4, -0.2) is 29.4 Å². The van der Waals surface area contributed by atoms with E-state index in [4.69, 9.17) is 14.2 Å². The van der Waals surface area contributed by atoms with E-state index in [1.54, 1.807) is 25.3 Å². The molecule has 0 aliphatic carbocycles. The molecule has 0 spiro atoms. The molecule has 1 aromatic heterocycles. The van der Waals surface area contributed by atoms with Crippen molar-refractivity contribution in [3.05, 3.63) is 90.6 Å². The van der Waals surface area contributed by atoms with Crippen molar-refractivity contribution in [3.63, 3.8) is 0 Å². The summed E-state index contributed by atoms with van der Waals surface area (Å²) in [5.41, 5.74) is 2.21. The first-order valence-electron chi connectivity index (χ1n) is 12.4. The van der Waals surface area contributed by atoms with Gasteiger partial charge < -0.3 is 14.2 Å². The number of para-hydroxylation sites is 1. The maximum Gasteiger partial charge on any atom is 0.338 e. The van der Waals surface area contributed by atoms with Crippen molar-refractivity contribution in [1.82, 2.24) is 4.57 Å². The third-order valence-corrected chi connectivity index (χ3v) is 6.64. The molecule has 0 fully saturated rings. The van der Waals surface area contributed by atoms with Crippen LogP contribution in [0.4, 0.5) is 0 Å². The van der Waals surface area contributed by atoms with Gasteiger partial charge in [-0.15, -0.1) is 0 Å². The summed E-state index contributed by atoms with van der Waals surface area (Å²) in [5.74, 6) is 0.927. The van der Waals surface area contributed by atoms with Gasteiger partial charge in [0.05, 0.1) is 40.7 Å². The Morgan fingerprint density at radius 3 is 2.43 bits per heavy atom. The average Bonchev–Trinajstić information content (AvgIpc) is 3.13. The van der Waals surface area contributed by atoms with Crippen molar-refractivity contribution in [3.8, 4) is 11.5 Å². The predicted octanol–water partition coefficient (Wildman–Crippen LogP) is 4.37. The highest BCUT2D eigenvalue weighted by molar-refractivity contribution is 7.07. The first kappa shape index (κ1) is 26.4. The molecular weight excluding hydrogens is 488 g/mol. The number of fused-ring (bicyclic) bond motifs is 1. The molecule has 0 N–H and O–H groups in total. The fraction of sp³-hybridized carbons (Fsp3) is 0.345. The van der Waals surface area contributed by atoms with Gasteiger partial charge in [0.15, 0.2) is 4.80 Å². The molecule has 1 aliphatic heterocycles. The van der Waals surface area contributed by atoms with Gasteiger partial charge in [-0.25, -0.2) is 9.79 Å². The van der Waals surface area contributed by atoms with Crippen LogP contribution in [0.15, 0.2) is 69.6 Å². The van der Waals surface area contributed by atoms with Crippen LogP contribution in [0.1, 0.15) is 58.7 Å². The normalized spacial score (nSPS) is 15.6. The van der Waals surface area contributed by atoms with Gasteiger partial charge in [-0.2, -0.15) is 0 Å². The quantitative estimate of drug-likeness (QED) is 0.412. The highest BCUT2D eigenvalue weighted by atomic mass is 32.1. The van der Waals surface area contributed by atoms with Gasteiger partial charge in [-0.05, 0) is 71.4 Å². The van der Waals surface area contributed by atoms with Gasteiger partial charge in [0, 0.05) is 5.56 Å². The molecule has 0 unspecified atom stereocenters. The summed E-state index contributed by atoms with van der Waals surface area (Å²) >= 11 is 1.29. The highest BCUT2D eigenvalue weighted by Crippen LogP contribution is 2.32. The molecule has 7 nitrogen and oxygen atoms in total. The standard InChI is InChI=1S/C29H32N2O5S/c1-7-34-22-14-12-20(13-15-22)26-25(28(33)36-18(4)5)19(6)30-29-31(26)27(32)24(37-29)16-21-10-8-9-11-23(21)35-17(2)3/h8-18,26H,7H2,1-6H3/b24-16+/t26-/m1/s1. The number of benzene rings is 2. The van der Waals surface area contributed by atoms with Gasteiger partial charge >= 0.3 is 5.97 Å².